The molecule has 1 N–H and O–H groups in total. The van der Waals surface area contributed by atoms with Crippen molar-refractivity contribution in [3.63, 3.8) is 0 Å². The predicted octanol–water partition coefficient (Wildman–Crippen LogP) is -0.0628. The largest absolute Gasteiger partial charge is 0.344 e. The first kappa shape index (κ1) is 16.8. The molecule has 1 aromatic rings. The maximum absolute atomic E-state index is 13.0. The lowest BCUT2D eigenvalue weighted by molar-refractivity contribution is -0.135. The molecule has 0 aliphatic carbocycles. The lowest BCUT2D eigenvalue weighted by Crippen LogP contribution is -2.54. The molecule has 0 aromatic heterocycles. The second kappa shape index (κ2) is 6.48. The summed E-state index contributed by atoms with van der Waals surface area (Å²) in [6, 6.07) is 4.18. The van der Waals surface area contributed by atoms with Crippen molar-refractivity contribution < 1.29 is 22.4 Å². The van der Waals surface area contributed by atoms with E-state index in [1.165, 1.54) is 16.4 Å². The van der Waals surface area contributed by atoms with E-state index in [2.05, 4.69) is 5.32 Å². The second-order valence-corrected chi connectivity index (χ2v) is 7.78. The van der Waals surface area contributed by atoms with Crippen LogP contribution in [0.4, 0.5) is 4.39 Å². The molecule has 0 bridgehead atoms. The summed E-state index contributed by atoms with van der Waals surface area (Å²) in [5.41, 5.74) is 0. The number of carbonyl (C=O) groups excluding carboxylic acids is 2. The van der Waals surface area contributed by atoms with Crippen molar-refractivity contribution in [3.8, 4) is 0 Å². The Labute approximate surface area is 139 Å². The van der Waals surface area contributed by atoms with Gasteiger partial charge in [0.15, 0.2) is 0 Å². The number of carbonyl (C=O) groups is 2. The van der Waals surface area contributed by atoms with Gasteiger partial charge in [-0.15, -0.1) is 0 Å². The Balaban J connectivity index is 1.63. The van der Waals surface area contributed by atoms with Crippen LogP contribution in [0.25, 0.3) is 0 Å². The highest BCUT2D eigenvalue weighted by atomic mass is 32.2. The lowest BCUT2D eigenvalue weighted by atomic mass is 10.2. The third kappa shape index (κ3) is 3.27. The standard InChI is InChI=1S/C15H18FN3O4S/c16-11-1-3-12(4-2-11)24(22,23)19-9-7-18(8-10-19)15(21)13-5-6-14(20)17-13/h1-4,13H,5-10H2,(H,17,20)/t13-/m0/s1. The molecule has 2 amide bonds. The highest BCUT2D eigenvalue weighted by molar-refractivity contribution is 7.89. The van der Waals surface area contributed by atoms with E-state index >= 15 is 0 Å². The first-order chi connectivity index (χ1) is 11.4. The van der Waals surface area contributed by atoms with Crippen LogP contribution in [-0.2, 0) is 19.6 Å². The Hall–Kier alpha value is -2.00. The van der Waals surface area contributed by atoms with Gasteiger partial charge in [-0.3, -0.25) is 9.59 Å². The second-order valence-electron chi connectivity index (χ2n) is 5.84. The van der Waals surface area contributed by atoms with Crippen molar-refractivity contribution in [2.45, 2.75) is 23.8 Å². The minimum absolute atomic E-state index is 0.0340. The maximum Gasteiger partial charge on any atom is 0.245 e. The van der Waals surface area contributed by atoms with Crippen LogP contribution in [-0.4, -0.2) is 61.7 Å². The van der Waals surface area contributed by atoms with Crippen LogP contribution in [0.5, 0.6) is 0 Å². The third-order valence-corrected chi connectivity index (χ3v) is 6.21. The van der Waals surface area contributed by atoms with Gasteiger partial charge in [0.25, 0.3) is 0 Å². The molecule has 2 aliphatic heterocycles. The quantitative estimate of drug-likeness (QED) is 0.823. The minimum atomic E-state index is -3.70. The SMILES string of the molecule is O=C1CC[C@@H](C(=O)N2CCN(S(=O)(=O)c3ccc(F)cc3)CC2)N1. The van der Waals surface area contributed by atoms with Crippen molar-refractivity contribution in [1.82, 2.24) is 14.5 Å². The van der Waals surface area contributed by atoms with E-state index in [9.17, 15) is 22.4 Å². The molecule has 0 unspecified atom stereocenters. The molecule has 2 aliphatic rings. The number of sulfonamides is 1. The zero-order valence-corrected chi connectivity index (χ0v) is 13.8. The van der Waals surface area contributed by atoms with Crippen LogP contribution >= 0.6 is 0 Å². The third-order valence-electron chi connectivity index (χ3n) is 4.30. The Bertz CT molecular complexity index is 742. The van der Waals surface area contributed by atoms with Gasteiger partial charge in [0.1, 0.15) is 11.9 Å². The van der Waals surface area contributed by atoms with Crippen LogP contribution in [0.1, 0.15) is 12.8 Å². The molecular weight excluding hydrogens is 337 g/mol. The van der Waals surface area contributed by atoms with E-state index in [0.717, 1.165) is 12.1 Å². The highest BCUT2D eigenvalue weighted by Crippen LogP contribution is 2.19. The first-order valence-corrected chi connectivity index (χ1v) is 9.16. The summed E-state index contributed by atoms with van der Waals surface area (Å²) in [4.78, 5) is 25.1. The fourth-order valence-electron chi connectivity index (χ4n) is 2.92. The first-order valence-electron chi connectivity index (χ1n) is 7.72. The molecule has 0 saturated carbocycles. The molecule has 130 valence electrons. The van der Waals surface area contributed by atoms with E-state index in [-0.39, 0.29) is 42.9 Å². The zero-order valence-electron chi connectivity index (χ0n) is 12.9. The van der Waals surface area contributed by atoms with E-state index in [0.29, 0.717) is 12.8 Å². The summed E-state index contributed by atoms with van der Waals surface area (Å²) in [7, 11) is -3.70. The Kier molecular flexibility index (Phi) is 4.55. The Morgan fingerprint density at radius 2 is 1.75 bits per heavy atom. The van der Waals surface area contributed by atoms with Gasteiger partial charge < -0.3 is 10.2 Å². The average molecular weight is 355 g/mol. The summed E-state index contributed by atoms with van der Waals surface area (Å²) in [6.45, 7) is 0.884. The van der Waals surface area contributed by atoms with Crippen LogP contribution in [0.15, 0.2) is 29.2 Å². The number of hydrogen-bond acceptors (Lipinski definition) is 4. The smallest absolute Gasteiger partial charge is 0.245 e. The van der Waals surface area contributed by atoms with Crippen LogP contribution in [0, 0.1) is 5.82 Å². The fourth-order valence-corrected chi connectivity index (χ4v) is 4.35. The number of benzene rings is 1. The van der Waals surface area contributed by atoms with Gasteiger partial charge in [0.05, 0.1) is 4.90 Å². The van der Waals surface area contributed by atoms with Crippen LogP contribution in [0.2, 0.25) is 0 Å². The number of rotatable bonds is 3. The highest BCUT2D eigenvalue weighted by Gasteiger charge is 2.34. The zero-order chi connectivity index (χ0) is 17.3. The van der Waals surface area contributed by atoms with Gasteiger partial charge in [-0.25, -0.2) is 12.8 Å². The van der Waals surface area contributed by atoms with Gasteiger partial charge >= 0.3 is 0 Å². The van der Waals surface area contributed by atoms with Gasteiger partial charge in [0.2, 0.25) is 21.8 Å². The number of amides is 2. The number of piperazine rings is 1. The maximum atomic E-state index is 13.0. The summed E-state index contributed by atoms with van der Waals surface area (Å²) >= 11 is 0. The van der Waals surface area contributed by atoms with E-state index in [4.69, 9.17) is 0 Å². The number of hydrogen-bond donors (Lipinski definition) is 1. The molecular formula is C15H18FN3O4S. The monoisotopic (exact) mass is 355 g/mol. The molecule has 0 radical (unpaired) electrons. The van der Waals surface area contributed by atoms with Crippen molar-refractivity contribution in [3.05, 3.63) is 30.1 Å². The number of nitrogens with zero attached hydrogens (tertiary/aromatic N) is 2. The van der Waals surface area contributed by atoms with Gasteiger partial charge in [-0.1, -0.05) is 0 Å². The number of nitrogens with one attached hydrogen (secondary N) is 1. The van der Waals surface area contributed by atoms with Crippen molar-refractivity contribution in [1.29, 1.82) is 0 Å². The molecule has 24 heavy (non-hydrogen) atoms. The fraction of sp³-hybridized carbons (Fsp3) is 0.467. The van der Waals surface area contributed by atoms with Gasteiger partial charge in [-0.2, -0.15) is 4.31 Å². The molecule has 1 aromatic carbocycles. The molecule has 2 heterocycles. The van der Waals surface area contributed by atoms with Crippen LogP contribution < -0.4 is 5.32 Å². The molecule has 2 saturated heterocycles. The molecule has 0 spiro atoms. The van der Waals surface area contributed by atoms with Crippen molar-refractivity contribution in [2.75, 3.05) is 26.2 Å². The molecule has 9 heteroatoms. The van der Waals surface area contributed by atoms with Gasteiger partial charge in [0, 0.05) is 32.6 Å². The minimum Gasteiger partial charge on any atom is -0.344 e. The predicted molar refractivity (Wildman–Crippen MR) is 82.9 cm³/mol. The van der Waals surface area contributed by atoms with Gasteiger partial charge in [-0.05, 0) is 30.7 Å². The Morgan fingerprint density at radius 3 is 2.29 bits per heavy atom. The van der Waals surface area contributed by atoms with E-state index in [1.54, 1.807) is 4.90 Å². The average Bonchev–Trinajstić information content (AvgIpc) is 3.01. The summed E-state index contributed by atoms with van der Waals surface area (Å²) in [5.74, 6) is -0.798. The summed E-state index contributed by atoms with van der Waals surface area (Å²) in [6.07, 6.45) is 0.821. The molecule has 2 fully saturated rings. The Morgan fingerprint density at radius 1 is 1.12 bits per heavy atom. The van der Waals surface area contributed by atoms with E-state index < -0.39 is 21.9 Å². The van der Waals surface area contributed by atoms with Crippen molar-refractivity contribution >= 4 is 21.8 Å². The van der Waals surface area contributed by atoms with E-state index in [1.807, 2.05) is 0 Å². The molecule has 3 rings (SSSR count). The summed E-state index contributed by atoms with van der Waals surface area (Å²) < 4.78 is 39.3. The number of halogens is 1. The molecule has 7 nitrogen and oxygen atoms in total. The topological polar surface area (TPSA) is 86.8 Å². The molecule has 1 atom stereocenters. The van der Waals surface area contributed by atoms with Crippen LogP contribution in [0.3, 0.4) is 0 Å². The normalized spacial score (nSPS) is 22.5. The van der Waals surface area contributed by atoms with Crippen molar-refractivity contribution in [2.24, 2.45) is 0 Å². The summed E-state index contributed by atoms with van der Waals surface area (Å²) in [5, 5.41) is 2.63. The lowest BCUT2D eigenvalue weighted by Gasteiger charge is -2.35.